The van der Waals surface area contributed by atoms with E-state index in [0.717, 1.165) is 36.0 Å². The third-order valence-corrected chi connectivity index (χ3v) is 10.1. The molecule has 0 amide bonds. The lowest BCUT2D eigenvalue weighted by Crippen LogP contribution is -2.47. The number of methoxy groups -OCH3 is 2. The minimum Gasteiger partial charge on any atom is -0.497 e. The molecular formula is C45H58N2O9. The summed E-state index contributed by atoms with van der Waals surface area (Å²) in [7, 11) is 3.26. The van der Waals surface area contributed by atoms with Crippen LogP contribution in [0, 0.1) is 6.92 Å². The Morgan fingerprint density at radius 1 is 0.786 bits per heavy atom. The van der Waals surface area contributed by atoms with Crippen molar-refractivity contribution in [3.8, 4) is 11.5 Å². The maximum atomic E-state index is 13.9. The molecule has 0 N–H and O–H groups in total. The van der Waals surface area contributed by atoms with Crippen LogP contribution in [0.3, 0.4) is 0 Å². The van der Waals surface area contributed by atoms with Crippen LogP contribution in [0.15, 0.2) is 94.6 Å². The molecule has 4 aromatic rings. The highest BCUT2D eigenvalue weighted by molar-refractivity contribution is 5.70. The van der Waals surface area contributed by atoms with Gasteiger partial charge in [0.25, 0.3) is 5.56 Å². The Hall–Kier alpha value is -4.71. The molecule has 0 saturated carbocycles. The summed E-state index contributed by atoms with van der Waals surface area (Å²) >= 11 is 0. The van der Waals surface area contributed by atoms with Crippen LogP contribution in [0.25, 0.3) is 0 Å². The predicted octanol–water partition coefficient (Wildman–Crippen LogP) is 8.55. The van der Waals surface area contributed by atoms with Gasteiger partial charge in [-0.05, 0) is 75.1 Å². The van der Waals surface area contributed by atoms with Crippen LogP contribution in [0.4, 0.5) is 4.79 Å². The summed E-state index contributed by atoms with van der Waals surface area (Å²) in [5, 5.41) is 0. The Balaban J connectivity index is 1.51. The van der Waals surface area contributed by atoms with Crippen LogP contribution >= 0.6 is 0 Å². The third-order valence-electron chi connectivity index (χ3n) is 10.1. The fourth-order valence-electron chi connectivity index (χ4n) is 7.14. The van der Waals surface area contributed by atoms with Crippen molar-refractivity contribution in [2.45, 2.75) is 116 Å². The normalized spacial score (nSPS) is 17.2. The Morgan fingerprint density at radius 2 is 1.34 bits per heavy atom. The molecule has 0 radical (unpaired) electrons. The van der Waals surface area contributed by atoms with E-state index in [9.17, 15) is 14.4 Å². The Bertz CT molecular complexity index is 1920. The Kier molecular flexibility index (Phi) is 14.7. The molecule has 1 aliphatic heterocycles. The van der Waals surface area contributed by atoms with Crippen molar-refractivity contribution >= 4 is 6.09 Å². The standard InChI is InChI=1S/C45H58N2O9/c1-8-9-10-11-12-13-17-28-53-38-29-40(46-30-32(2)41(48)47(42(46)49)43(50)56-44(3,4)5)55-39(38)31-54-45(33-18-15-14-16-19-33,34-20-24-36(51-6)25-21-34)35-22-26-37(52-7)27-23-35/h14-16,18-27,30,38-40H,8-13,17,28-29,31H2,1-7H3/t38-,39+,40+/m0/s1. The zero-order valence-corrected chi connectivity index (χ0v) is 34.0. The van der Waals surface area contributed by atoms with Crippen LogP contribution in [-0.4, -0.2) is 60.5 Å². The molecule has 1 aliphatic rings. The zero-order chi connectivity index (χ0) is 40.3. The molecule has 0 bridgehead atoms. The summed E-state index contributed by atoms with van der Waals surface area (Å²) in [5.41, 5.74) is -0.802. The van der Waals surface area contributed by atoms with Crippen molar-refractivity contribution in [1.82, 2.24) is 9.13 Å². The fourth-order valence-corrected chi connectivity index (χ4v) is 7.14. The molecule has 11 nitrogen and oxygen atoms in total. The zero-order valence-electron chi connectivity index (χ0n) is 34.0. The minimum absolute atomic E-state index is 0.0740. The molecule has 0 aliphatic carbocycles. The van der Waals surface area contributed by atoms with Gasteiger partial charge in [0, 0.05) is 24.8 Å². The number of aromatic nitrogens is 2. The van der Waals surface area contributed by atoms with Gasteiger partial charge in [0.1, 0.15) is 35.0 Å². The van der Waals surface area contributed by atoms with Crippen molar-refractivity contribution in [1.29, 1.82) is 0 Å². The number of hydrogen-bond donors (Lipinski definition) is 0. The maximum Gasteiger partial charge on any atom is 0.425 e. The van der Waals surface area contributed by atoms with Crippen molar-refractivity contribution < 1.29 is 33.2 Å². The van der Waals surface area contributed by atoms with Crippen LogP contribution in [0.5, 0.6) is 11.5 Å². The molecule has 11 heteroatoms. The Labute approximate surface area is 330 Å². The molecule has 56 heavy (non-hydrogen) atoms. The monoisotopic (exact) mass is 770 g/mol. The Morgan fingerprint density at radius 3 is 1.89 bits per heavy atom. The number of unbranched alkanes of at least 4 members (excludes halogenated alkanes) is 6. The van der Waals surface area contributed by atoms with Gasteiger partial charge in [0.15, 0.2) is 0 Å². The van der Waals surface area contributed by atoms with Gasteiger partial charge < -0.3 is 28.4 Å². The summed E-state index contributed by atoms with van der Waals surface area (Å²) in [4.78, 5) is 40.2. The first kappa shape index (κ1) is 42.4. The van der Waals surface area contributed by atoms with Crippen molar-refractivity contribution in [3.05, 3.63) is 128 Å². The van der Waals surface area contributed by atoms with Gasteiger partial charge in [0.05, 0.1) is 26.9 Å². The van der Waals surface area contributed by atoms with Crippen LogP contribution in [0.2, 0.25) is 0 Å². The number of ether oxygens (including phenoxy) is 6. The van der Waals surface area contributed by atoms with Gasteiger partial charge >= 0.3 is 11.8 Å². The first-order valence-electron chi connectivity index (χ1n) is 19.8. The van der Waals surface area contributed by atoms with E-state index in [0.29, 0.717) is 29.1 Å². The van der Waals surface area contributed by atoms with E-state index in [-0.39, 0.29) is 12.2 Å². The third kappa shape index (κ3) is 10.2. The second kappa shape index (κ2) is 19.4. The van der Waals surface area contributed by atoms with E-state index in [2.05, 4.69) is 6.92 Å². The number of carbonyl (C=O) groups is 1. The van der Waals surface area contributed by atoms with E-state index in [1.165, 1.54) is 36.4 Å². The molecule has 302 valence electrons. The number of nitrogens with zero attached hydrogens (tertiary/aromatic N) is 2. The lowest BCUT2D eigenvalue weighted by atomic mass is 9.80. The van der Waals surface area contributed by atoms with Crippen LogP contribution < -0.4 is 20.7 Å². The van der Waals surface area contributed by atoms with Gasteiger partial charge in [-0.2, -0.15) is 4.57 Å². The van der Waals surface area contributed by atoms with Crippen LogP contribution in [0.1, 0.15) is 108 Å². The minimum atomic E-state index is -1.11. The van der Waals surface area contributed by atoms with E-state index >= 15 is 0 Å². The predicted molar refractivity (Wildman–Crippen MR) is 216 cm³/mol. The van der Waals surface area contributed by atoms with Crippen molar-refractivity contribution in [2.75, 3.05) is 27.4 Å². The quantitative estimate of drug-likeness (QED) is 0.0725. The molecule has 1 aromatic heterocycles. The lowest BCUT2D eigenvalue weighted by molar-refractivity contribution is -0.105. The van der Waals surface area contributed by atoms with Gasteiger partial charge in [0.2, 0.25) is 0 Å². The van der Waals surface area contributed by atoms with E-state index in [1.807, 2.05) is 78.9 Å². The summed E-state index contributed by atoms with van der Waals surface area (Å²) < 4.78 is 38.7. The van der Waals surface area contributed by atoms with Gasteiger partial charge in [-0.1, -0.05) is 100 Å². The molecule has 1 saturated heterocycles. The molecule has 3 atom stereocenters. The highest BCUT2D eigenvalue weighted by atomic mass is 16.6. The number of rotatable bonds is 18. The molecule has 0 unspecified atom stereocenters. The van der Waals surface area contributed by atoms with E-state index in [4.69, 9.17) is 28.4 Å². The maximum absolute atomic E-state index is 13.9. The highest BCUT2D eigenvalue weighted by Gasteiger charge is 2.43. The summed E-state index contributed by atoms with van der Waals surface area (Å²) in [6, 6.07) is 25.6. The molecular weight excluding hydrogens is 712 g/mol. The molecule has 0 spiro atoms. The van der Waals surface area contributed by atoms with Gasteiger partial charge in [-0.15, -0.1) is 0 Å². The average molecular weight is 771 g/mol. The van der Waals surface area contributed by atoms with E-state index < -0.39 is 47.0 Å². The first-order chi connectivity index (χ1) is 26.9. The number of benzene rings is 3. The molecule has 2 heterocycles. The van der Waals surface area contributed by atoms with E-state index in [1.54, 1.807) is 41.9 Å². The van der Waals surface area contributed by atoms with Gasteiger partial charge in [-0.25, -0.2) is 9.59 Å². The van der Waals surface area contributed by atoms with Crippen molar-refractivity contribution in [3.63, 3.8) is 0 Å². The number of carbonyl (C=O) groups excluding carboxylic acids is 1. The smallest absolute Gasteiger partial charge is 0.425 e. The first-order valence-corrected chi connectivity index (χ1v) is 19.8. The average Bonchev–Trinajstić information content (AvgIpc) is 3.60. The second-order valence-electron chi connectivity index (χ2n) is 15.3. The van der Waals surface area contributed by atoms with Gasteiger partial charge in [-0.3, -0.25) is 9.36 Å². The molecule has 1 fully saturated rings. The lowest BCUT2D eigenvalue weighted by Gasteiger charge is -2.37. The summed E-state index contributed by atoms with van der Waals surface area (Å²) in [6.07, 6.45) is 6.71. The SMILES string of the molecule is CCCCCCCCCO[C@H]1C[C@H](n2cc(C)c(=O)n(C(=O)OC(C)(C)C)c2=O)O[C@@H]1COC(c1ccccc1)(c1ccc(OC)cc1)c1ccc(OC)cc1. The van der Waals surface area contributed by atoms with Crippen LogP contribution in [-0.2, 0) is 24.5 Å². The number of aryl methyl sites for hydroxylation is 1. The number of hydrogen-bond acceptors (Lipinski definition) is 9. The molecule has 3 aromatic carbocycles. The topological polar surface area (TPSA) is 116 Å². The largest absolute Gasteiger partial charge is 0.497 e. The highest BCUT2D eigenvalue weighted by Crippen LogP contribution is 2.43. The van der Waals surface area contributed by atoms with Crippen molar-refractivity contribution in [2.24, 2.45) is 0 Å². The molecule has 5 rings (SSSR count). The summed E-state index contributed by atoms with van der Waals surface area (Å²) in [5.74, 6) is 1.42. The summed E-state index contributed by atoms with van der Waals surface area (Å²) in [6.45, 7) is 9.38. The fraction of sp³-hybridized carbons (Fsp3) is 0.489. The second-order valence-corrected chi connectivity index (χ2v) is 15.3.